The lowest BCUT2D eigenvalue weighted by Crippen LogP contribution is -2.51. The van der Waals surface area contributed by atoms with Crippen molar-refractivity contribution in [2.75, 3.05) is 25.4 Å². The van der Waals surface area contributed by atoms with Crippen molar-refractivity contribution in [1.82, 2.24) is 4.90 Å². The first-order valence-electron chi connectivity index (χ1n) is 7.06. The summed E-state index contributed by atoms with van der Waals surface area (Å²) in [6.45, 7) is 4.97. The van der Waals surface area contributed by atoms with E-state index < -0.39 is 11.4 Å². The van der Waals surface area contributed by atoms with Crippen LogP contribution in [0.2, 0.25) is 0 Å². The van der Waals surface area contributed by atoms with Crippen LogP contribution in [0.5, 0.6) is 5.75 Å². The molecule has 1 fully saturated rings. The number of nitrogens with two attached hydrogens (primary N) is 1. The first-order chi connectivity index (χ1) is 9.53. The highest BCUT2D eigenvalue weighted by molar-refractivity contribution is 6.02. The summed E-state index contributed by atoms with van der Waals surface area (Å²) in [5.74, 6) is -0.190. The van der Waals surface area contributed by atoms with Crippen LogP contribution in [0, 0.1) is 5.82 Å². The number of piperidine rings is 1. The molecule has 0 unspecified atom stereocenters. The van der Waals surface area contributed by atoms with E-state index in [1.165, 1.54) is 12.1 Å². The zero-order valence-corrected chi connectivity index (χ0v) is 11.6. The molecule has 1 aromatic carbocycles. The lowest BCUT2D eigenvalue weighted by atomic mass is 9.82. The van der Waals surface area contributed by atoms with E-state index in [1.54, 1.807) is 0 Å². The summed E-state index contributed by atoms with van der Waals surface area (Å²) in [7, 11) is 0. The third-order valence-corrected chi connectivity index (χ3v) is 4.40. The molecule has 2 aliphatic rings. The molecule has 5 heteroatoms. The van der Waals surface area contributed by atoms with Gasteiger partial charge in [0.05, 0.1) is 17.7 Å². The standard InChI is InChI=1S/C15H19FN2O2/c1-2-18-5-3-15(4-6-18)9-13(19)11-7-10(16)8-12(17)14(11)20-15/h7-8H,2-6,9,17H2,1H3. The summed E-state index contributed by atoms with van der Waals surface area (Å²) in [6.07, 6.45) is 1.94. The van der Waals surface area contributed by atoms with Crippen LogP contribution >= 0.6 is 0 Å². The summed E-state index contributed by atoms with van der Waals surface area (Å²) in [5.41, 5.74) is 5.86. The second-order valence-electron chi connectivity index (χ2n) is 5.69. The van der Waals surface area contributed by atoms with Crippen LogP contribution in [0.25, 0.3) is 0 Å². The number of fused-ring (bicyclic) bond motifs is 1. The number of carbonyl (C=O) groups excluding carboxylic acids is 1. The first-order valence-corrected chi connectivity index (χ1v) is 7.06. The van der Waals surface area contributed by atoms with Crippen LogP contribution in [0.1, 0.15) is 36.5 Å². The number of benzene rings is 1. The van der Waals surface area contributed by atoms with Gasteiger partial charge in [-0.2, -0.15) is 0 Å². The van der Waals surface area contributed by atoms with E-state index in [4.69, 9.17) is 10.5 Å². The highest BCUT2D eigenvalue weighted by Gasteiger charge is 2.43. The molecule has 0 saturated carbocycles. The van der Waals surface area contributed by atoms with Crippen LogP contribution < -0.4 is 10.5 Å². The van der Waals surface area contributed by atoms with Gasteiger partial charge in [0.1, 0.15) is 11.4 Å². The largest absolute Gasteiger partial charge is 0.484 e. The van der Waals surface area contributed by atoms with Gasteiger partial charge in [-0.1, -0.05) is 6.92 Å². The van der Waals surface area contributed by atoms with Crippen LogP contribution in [0.15, 0.2) is 12.1 Å². The van der Waals surface area contributed by atoms with E-state index in [1.807, 2.05) is 0 Å². The summed E-state index contributed by atoms with van der Waals surface area (Å²) >= 11 is 0. The number of halogens is 1. The summed E-state index contributed by atoms with van der Waals surface area (Å²) in [6, 6.07) is 2.44. The summed E-state index contributed by atoms with van der Waals surface area (Å²) in [5, 5.41) is 0. The van der Waals surface area contributed by atoms with Gasteiger partial charge < -0.3 is 15.4 Å². The second kappa shape index (κ2) is 4.74. The van der Waals surface area contributed by atoms with E-state index in [0.29, 0.717) is 12.2 Å². The number of nitrogen functional groups attached to an aromatic ring is 1. The Morgan fingerprint density at radius 3 is 2.75 bits per heavy atom. The van der Waals surface area contributed by atoms with Crippen molar-refractivity contribution in [3.8, 4) is 5.75 Å². The zero-order chi connectivity index (χ0) is 14.3. The molecule has 2 aliphatic heterocycles. The molecule has 0 amide bonds. The SMILES string of the molecule is CCN1CCC2(CC1)CC(=O)c1cc(F)cc(N)c1O2. The fourth-order valence-electron chi connectivity index (χ4n) is 3.13. The number of carbonyl (C=O) groups is 1. The lowest BCUT2D eigenvalue weighted by Gasteiger charge is -2.44. The molecule has 0 aliphatic carbocycles. The number of anilines is 1. The minimum absolute atomic E-state index is 0.0672. The van der Waals surface area contributed by atoms with Crippen molar-refractivity contribution in [1.29, 1.82) is 0 Å². The van der Waals surface area contributed by atoms with Crippen LogP contribution in [-0.4, -0.2) is 35.9 Å². The molecule has 0 atom stereocenters. The quantitative estimate of drug-likeness (QED) is 0.800. The van der Waals surface area contributed by atoms with Crippen molar-refractivity contribution in [3.05, 3.63) is 23.5 Å². The van der Waals surface area contributed by atoms with Crippen molar-refractivity contribution in [2.45, 2.75) is 31.8 Å². The molecule has 1 saturated heterocycles. The fourth-order valence-corrected chi connectivity index (χ4v) is 3.13. The van der Waals surface area contributed by atoms with Gasteiger partial charge in [0.25, 0.3) is 0 Å². The first kappa shape index (κ1) is 13.4. The number of hydrogen-bond donors (Lipinski definition) is 1. The molecule has 20 heavy (non-hydrogen) atoms. The van der Waals surface area contributed by atoms with E-state index >= 15 is 0 Å². The highest BCUT2D eigenvalue weighted by atomic mass is 19.1. The Bertz CT molecular complexity index is 551. The molecule has 1 spiro atoms. The molecule has 0 radical (unpaired) electrons. The van der Waals surface area contributed by atoms with Crippen LogP contribution in [0.4, 0.5) is 10.1 Å². The molecule has 2 heterocycles. The zero-order valence-electron chi connectivity index (χ0n) is 11.6. The Kier molecular flexibility index (Phi) is 3.17. The van der Waals surface area contributed by atoms with Gasteiger partial charge in [0.15, 0.2) is 11.5 Å². The maximum absolute atomic E-state index is 13.4. The van der Waals surface area contributed by atoms with Crippen molar-refractivity contribution in [2.24, 2.45) is 0 Å². The number of nitrogens with zero attached hydrogens (tertiary/aromatic N) is 1. The highest BCUT2D eigenvalue weighted by Crippen LogP contribution is 2.42. The van der Waals surface area contributed by atoms with Crippen LogP contribution in [0.3, 0.4) is 0 Å². The monoisotopic (exact) mass is 278 g/mol. The topological polar surface area (TPSA) is 55.6 Å². The predicted molar refractivity (Wildman–Crippen MR) is 74.5 cm³/mol. The number of hydrogen-bond acceptors (Lipinski definition) is 4. The summed E-state index contributed by atoms with van der Waals surface area (Å²) < 4.78 is 19.4. The fraction of sp³-hybridized carbons (Fsp3) is 0.533. The maximum Gasteiger partial charge on any atom is 0.170 e. The minimum atomic E-state index is -0.491. The van der Waals surface area contributed by atoms with Gasteiger partial charge in [-0.15, -0.1) is 0 Å². The second-order valence-corrected chi connectivity index (χ2v) is 5.69. The van der Waals surface area contributed by atoms with Crippen molar-refractivity contribution >= 4 is 11.5 Å². The molecule has 3 rings (SSSR count). The Hall–Kier alpha value is -1.62. The maximum atomic E-state index is 13.4. The van der Waals surface area contributed by atoms with Crippen LogP contribution in [-0.2, 0) is 0 Å². The Morgan fingerprint density at radius 2 is 2.10 bits per heavy atom. The molecule has 0 bridgehead atoms. The Labute approximate surface area is 117 Å². The van der Waals surface area contributed by atoms with E-state index in [9.17, 15) is 9.18 Å². The lowest BCUT2D eigenvalue weighted by molar-refractivity contribution is -0.00734. The third kappa shape index (κ3) is 2.16. The summed E-state index contributed by atoms with van der Waals surface area (Å²) in [4.78, 5) is 14.6. The third-order valence-electron chi connectivity index (χ3n) is 4.40. The number of ether oxygens (including phenoxy) is 1. The van der Waals surface area contributed by atoms with E-state index in [0.717, 1.165) is 32.5 Å². The van der Waals surface area contributed by atoms with Crippen molar-refractivity contribution < 1.29 is 13.9 Å². The van der Waals surface area contributed by atoms with E-state index in [-0.39, 0.29) is 17.0 Å². The number of rotatable bonds is 1. The molecular formula is C15H19FN2O2. The normalized spacial score (nSPS) is 21.6. The molecule has 108 valence electrons. The number of likely N-dealkylation sites (tertiary alicyclic amines) is 1. The number of Topliss-reactive ketones (excluding diaryl/α,β-unsaturated/α-hetero) is 1. The Balaban J connectivity index is 1.91. The molecule has 0 aromatic heterocycles. The van der Waals surface area contributed by atoms with Gasteiger partial charge in [0.2, 0.25) is 0 Å². The van der Waals surface area contributed by atoms with Gasteiger partial charge in [0, 0.05) is 32.0 Å². The molecule has 4 nitrogen and oxygen atoms in total. The van der Waals surface area contributed by atoms with Crippen molar-refractivity contribution in [3.63, 3.8) is 0 Å². The number of ketones is 1. The molecular weight excluding hydrogens is 259 g/mol. The van der Waals surface area contributed by atoms with Gasteiger partial charge in [-0.3, -0.25) is 4.79 Å². The van der Waals surface area contributed by atoms with Gasteiger partial charge in [-0.25, -0.2) is 4.39 Å². The molecule has 2 N–H and O–H groups in total. The smallest absolute Gasteiger partial charge is 0.170 e. The Morgan fingerprint density at radius 1 is 1.40 bits per heavy atom. The van der Waals surface area contributed by atoms with Gasteiger partial charge >= 0.3 is 0 Å². The predicted octanol–water partition coefficient (Wildman–Crippen LogP) is 2.23. The minimum Gasteiger partial charge on any atom is -0.484 e. The average molecular weight is 278 g/mol. The van der Waals surface area contributed by atoms with Gasteiger partial charge in [-0.05, 0) is 12.6 Å². The van der Waals surface area contributed by atoms with E-state index in [2.05, 4.69) is 11.8 Å². The molecule has 1 aromatic rings. The average Bonchev–Trinajstić information content (AvgIpc) is 2.41.